The van der Waals surface area contributed by atoms with Crippen molar-refractivity contribution in [1.29, 1.82) is 0 Å². The molecule has 0 radical (unpaired) electrons. The molecule has 5 rings (SSSR count). The predicted octanol–water partition coefficient (Wildman–Crippen LogP) is 6.44. The Morgan fingerprint density at radius 3 is 2.50 bits per heavy atom. The van der Waals surface area contributed by atoms with E-state index in [-0.39, 0.29) is 11.8 Å². The number of aryl methyl sites for hydroxylation is 1. The van der Waals surface area contributed by atoms with Gasteiger partial charge in [-0.25, -0.2) is 0 Å². The maximum Gasteiger partial charge on any atom is 0.307 e. The van der Waals surface area contributed by atoms with Crippen molar-refractivity contribution in [2.45, 2.75) is 65.9 Å². The molecule has 0 aromatic heterocycles. The van der Waals surface area contributed by atoms with Crippen LogP contribution < -0.4 is 10.1 Å². The van der Waals surface area contributed by atoms with Crippen molar-refractivity contribution in [3.63, 3.8) is 0 Å². The highest BCUT2D eigenvalue weighted by molar-refractivity contribution is 5.87. The second kappa shape index (κ2) is 14.1. The van der Waals surface area contributed by atoms with Crippen LogP contribution in [0.15, 0.2) is 59.6 Å². The fourth-order valence-corrected chi connectivity index (χ4v) is 5.68. The fraction of sp³-hybridized carbons (Fsp3) is 0.405. The topological polar surface area (TPSA) is 94.4 Å². The monoisotopic (exact) mass is 597 g/mol. The molecule has 234 valence electrons. The number of amidine groups is 1. The highest BCUT2D eigenvalue weighted by Gasteiger charge is 2.23. The number of fused-ring (bicyclic) bond motifs is 2. The molecule has 0 fully saturated rings. The minimum Gasteiger partial charge on any atom is -0.507 e. The molecule has 2 aliphatic heterocycles. The molecule has 0 aliphatic carbocycles. The van der Waals surface area contributed by atoms with Gasteiger partial charge in [-0.3, -0.25) is 9.79 Å². The number of phenolic OH excluding ortho intramolecular Hbond substituents is 1. The first-order valence-corrected chi connectivity index (χ1v) is 15.4. The Morgan fingerprint density at radius 1 is 1.09 bits per heavy atom. The summed E-state index contributed by atoms with van der Waals surface area (Å²) in [5.41, 5.74) is 9.58. The van der Waals surface area contributed by atoms with Crippen LogP contribution in [0.5, 0.6) is 11.5 Å². The number of benzene rings is 3. The van der Waals surface area contributed by atoms with Crippen molar-refractivity contribution in [2.24, 2.45) is 4.99 Å². The number of hydrogen-bond donors (Lipinski definition) is 3. The standard InChI is InChI=1S/C21H23NO3.C16H24N2O/c1-22(2)11-5-8-18-17-7-4-3-6-16(17)14-25-20-10-9-15(12-19(18)20)13-21(23)24;1-10-8-13(16(3,4)5)15(19)11(2)12(10)9-14-17-6-7-18-14/h3-4,6-10,12H,5,11,13-14H2,1-2H3,(H,23,24);8,19H,6-7,9H2,1-5H3,(H,17,18)/b18-8-;. The summed E-state index contributed by atoms with van der Waals surface area (Å²) in [5.74, 6) is 1.45. The summed E-state index contributed by atoms with van der Waals surface area (Å²) in [6.45, 7) is 13.8. The number of carboxylic acid groups (broad SMARTS) is 1. The van der Waals surface area contributed by atoms with Crippen LogP contribution in [0.25, 0.3) is 5.57 Å². The van der Waals surface area contributed by atoms with Crippen molar-refractivity contribution in [1.82, 2.24) is 10.2 Å². The summed E-state index contributed by atoms with van der Waals surface area (Å²) in [5, 5.41) is 22.8. The molecular formula is C37H47N3O4. The lowest BCUT2D eigenvalue weighted by Crippen LogP contribution is -2.22. The van der Waals surface area contributed by atoms with Crippen LogP contribution in [0.1, 0.15) is 71.7 Å². The Labute approximate surface area is 262 Å². The summed E-state index contributed by atoms with van der Waals surface area (Å²) in [6.07, 6.45) is 3.95. The van der Waals surface area contributed by atoms with Gasteiger partial charge in [0.05, 0.1) is 13.0 Å². The number of ether oxygens (including phenoxy) is 1. The molecule has 2 aliphatic rings. The number of carbonyl (C=O) groups is 1. The first-order valence-electron chi connectivity index (χ1n) is 15.4. The molecule has 0 atom stereocenters. The van der Waals surface area contributed by atoms with Crippen LogP contribution in [0.3, 0.4) is 0 Å². The molecule has 0 bridgehead atoms. The number of nitrogens with zero attached hydrogens (tertiary/aromatic N) is 2. The van der Waals surface area contributed by atoms with Crippen LogP contribution in [0, 0.1) is 13.8 Å². The van der Waals surface area contributed by atoms with Gasteiger partial charge in [0.1, 0.15) is 23.9 Å². The van der Waals surface area contributed by atoms with Crippen molar-refractivity contribution in [3.8, 4) is 11.5 Å². The van der Waals surface area contributed by atoms with E-state index in [1.807, 2.05) is 37.3 Å². The quantitative estimate of drug-likeness (QED) is 0.290. The number of aliphatic imine (C=N–C) groups is 1. The van der Waals surface area contributed by atoms with Crippen LogP contribution in [0.2, 0.25) is 0 Å². The molecule has 0 unspecified atom stereocenters. The molecule has 44 heavy (non-hydrogen) atoms. The zero-order chi connectivity index (χ0) is 32.0. The summed E-state index contributed by atoms with van der Waals surface area (Å²) >= 11 is 0. The average molecular weight is 598 g/mol. The van der Waals surface area contributed by atoms with E-state index in [2.05, 4.69) is 81.3 Å². The third-order valence-electron chi connectivity index (χ3n) is 8.10. The van der Waals surface area contributed by atoms with Crippen LogP contribution in [0.4, 0.5) is 0 Å². The van der Waals surface area contributed by atoms with Crippen LogP contribution >= 0.6 is 0 Å². The smallest absolute Gasteiger partial charge is 0.307 e. The van der Waals surface area contributed by atoms with E-state index < -0.39 is 5.97 Å². The van der Waals surface area contributed by atoms with E-state index in [4.69, 9.17) is 9.84 Å². The Kier molecular flexibility index (Phi) is 10.5. The average Bonchev–Trinajstić information content (AvgIpc) is 3.42. The van der Waals surface area contributed by atoms with E-state index >= 15 is 0 Å². The summed E-state index contributed by atoms with van der Waals surface area (Å²) < 4.78 is 5.99. The zero-order valence-corrected chi connectivity index (χ0v) is 27.3. The molecule has 7 heteroatoms. The summed E-state index contributed by atoms with van der Waals surface area (Å²) in [7, 11) is 4.11. The van der Waals surface area contributed by atoms with Gasteiger partial charge < -0.3 is 25.2 Å². The number of hydrogen-bond acceptors (Lipinski definition) is 6. The SMILES string of the molecule is CN(C)CC/C=C1/c2ccccc2COc2ccc(CC(=O)O)cc21.Cc1cc(C(C)(C)C)c(O)c(C)c1CC1=NCCN1. The zero-order valence-electron chi connectivity index (χ0n) is 27.3. The van der Waals surface area contributed by atoms with E-state index in [9.17, 15) is 9.90 Å². The van der Waals surface area contributed by atoms with Crippen molar-refractivity contribution in [3.05, 3.63) is 99.1 Å². The lowest BCUT2D eigenvalue weighted by Gasteiger charge is -2.24. The fourth-order valence-electron chi connectivity index (χ4n) is 5.68. The third kappa shape index (κ3) is 8.08. The van der Waals surface area contributed by atoms with Crippen LogP contribution in [-0.4, -0.2) is 60.6 Å². The molecular weight excluding hydrogens is 550 g/mol. The molecule has 3 N–H and O–H groups in total. The first kappa shape index (κ1) is 32.8. The second-order valence-electron chi connectivity index (χ2n) is 12.9. The van der Waals surface area contributed by atoms with Crippen molar-refractivity contribution in [2.75, 3.05) is 33.7 Å². The van der Waals surface area contributed by atoms with Gasteiger partial charge in [-0.15, -0.1) is 0 Å². The number of carboxylic acids is 1. The molecule has 0 saturated carbocycles. The first-order chi connectivity index (χ1) is 20.8. The van der Waals surface area contributed by atoms with Crippen molar-refractivity contribution < 1.29 is 19.7 Å². The minimum absolute atomic E-state index is 0.0138. The van der Waals surface area contributed by atoms with Gasteiger partial charge in [-0.2, -0.15) is 0 Å². The maximum atomic E-state index is 11.1. The van der Waals surface area contributed by atoms with Gasteiger partial charge in [-0.05, 0) is 96.4 Å². The third-order valence-corrected chi connectivity index (χ3v) is 8.10. The Bertz CT molecular complexity index is 1560. The lowest BCUT2D eigenvalue weighted by molar-refractivity contribution is -0.136. The van der Waals surface area contributed by atoms with E-state index in [0.29, 0.717) is 12.4 Å². The molecule has 0 saturated heterocycles. The number of rotatable bonds is 7. The van der Waals surface area contributed by atoms with Gasteiger partial charge in [0.2, 0.25) is 0 Å². The lowest BCUT2D eigenvalue weighted by atomic mass is 9.82. The normalized spacial score (nSPS) is 14.9. The maximum absolute atomic E-state index is 11.1. The van der Waals surface area contributed by atoms with E-state index in [0.717, 1.165) is 83.0 Å². The number of phenols is 1. The molecule has 7 nitrogen and oxygen atoms in total. The van der Waals surface area contributed by atoms with Gasteiger partial charge in [0.25, 0.3) is 0 Å². The van der Waals surface area contributed by atoms with Gasteiger partial charge in [0, 0.05) is 25.1 Å². The summed E-state index contributed by atoms with van der Waals surface area (Å²) in [6, 6.07) is 16.0. The van der Waals surface area contributed by atoms with Crippen LogP contribution in [-0.2, 0) is 29.7 Å². The van der Waals surface area contributed by atoms with Crippen molar-refractivity contribution >= 4 is 17.4 Å². The van der Waals surface area contributed by atoms with E-state index in [1.165, 1.54) is 11.1 Å². The highest BCUT2D eigenvalue weighted by atomic mass is 16.5. The Hall–Kier alpha value is -4.10. The number of aliphatic carboxylic acids is 1. The molecule has 3 aromatic carbocycles. The number of aromatic hydroxyl groups is 1. The highest BCUT2D eigenvalue weighted by Crippen LogP contribution is 2.38. The van der Waals surface area contributed by atoms with Gasteiger partial charge in [-0.1, -0.05) is 63.2 Å². The largest absolute Gasteiger partial charge is 0.507 e. The molecule has 0 amide bonds. The summed E-state index contributed by atoms with van der Waals surface area (Å²) in [4.78, 5) is 17.7. The predicted molar refractivity (Wildman–Crippen MR) is 179 cm³/mol. The minimum atomic E-state index is -0.826. The van der Waals surface area contributed by atoms with Gasteiger partial charge >= 0.3 is 5.97 Å². The molecule has 3 aromatic rings. The Morgan fingerprint density at radius 2 is 1.84 bits per heavy atom. The second-order valence-corrected chi connectivity index (χ2v) is 12.9. The molecule has 0 spiro atoms. The molecule has 2 heterocycles. The van der Waals surface area contributed by atoms with E-state index in [1.54, 1.807) is 0 Å². The Balaban J connectivity index is 0.000000209. The van der Waals surface area contributed by atoms with Gasteiger partial charge in [0.15, 0.2) is 0 Å². The number of nitrogens with one attached hydrogen (secondary N) is 1.